The van der Waals surface area contributed by atoms with E-state index in [2.05, 4.69) is 0 Å². The van der Waals surface area contributed by atoms with Gasteiger partial charge in [0.2, 0.25) is 0 Å². The summed E-state index contributed by atoms with van der Waals surface area (Å²) in [6.45, 7) is 5.60. The van der Waals surface area contributed by atoms with Crippen LogP contribution in [0, 0.1) is 0 Å². The first-order valence-electron chi connectivity index (χ1n) is 8.54. The second kappa shape index (κ2) is 10.4. The van der Waals surface area contributed by atoms with Crippen LogP contribution in [0.4, 0.5) is 0 Å². The third-order valence-corrected chi connectivity index (χ3v) is 3.49. The first-order valence-corrected chi connectivity index (χ1v) is 8.54. The standard InChI is InChI=1S/C17H19NO6.C2H6/c1-10(19)23-6-2-3-12-9-15(20)13-7-11(4-5-16(13)24-12)8-14(18)17(21)22;1-2/h4-5,7,9,14H,2-3,6,8,18H2,1H3,(H,21,22);1-2H3. The summed E-state index contributed by atoms with van der Waals surface area (Å²) < 4.78 is 10.5. The van der Waals surface area contributed by atoms with E-state index in [-0.39, 0.29) is 24.4 Å². The highest BCUT2D eigenvalue weighted by Crippen LogP contribution is 2.16. The van der Waals surface area contributed by atoms with Gasteiger partial charge in [0.1, 0.15) is 17.4 Å². The highest BCUT2D eigenvalue weighted by Gasteiger charge is 2.13. The molecule has 0 aliphatic rings. The maximum absolute atomic E-state index is 12.2. The number of hydrogen-bond acceptors (Lipinski definition) is 6. The first kappa shape index (κ1) is 21.4. The molecule has 7 heteroatoms. The van der Waals surface area contributed by atoms with E-state index >= 15 is 0 Å². The average molecular weight is 363 g/mol. The van der Waals surface area contributed by atoms with E-state index in [0.717, 1.165) is 0 Å². The van der Waals surface area contributed by atoms with Crippen molar-refractivity contribution in [3.05, 3.63) is 45.8 Å². The Morgan fingerprint density at radius 3 is 2.58 bits per heavy atom. The zero-order valence-corrected chi connectivity index (χ0v) is 15.3. The number of esters is 1. The number of fused-ring (bicyclic) bond motifs is 1. The molecule has 0 spiro atoms. The lowest BCUT2D eigenvalue weighted by Crippen LogP contribution is -2.32. The van der Waals surface area contributed by atoms with E-state index in [4.69, 9.17) is 20.0 Å². The summed E-state index contributed by atoms with van der Waals surface area (Å²) >= 11 is 0. The Bertz CT molecular complexity index is 811. The number of aryl methyl sites for hydroxylation is 1. The third kappa shape index (κ3) is 6.33. The molecule has 26 heavy (non-hydrogen) atoms. The van der Waals surface area contributed by atoms with Crippen molar-refractivity contribution in [1.82, 2.24) is 0 Å². The summed E-state index contributed by atoms with van der Waals surface area (Å²) in [6.07, 6.45) is 1.17. The Balaban J connectivity index is 0.00000163. The summed E-state index contributed by atoms with van der Waals surface area (Å²) in [6, 6.07) is 5.31. The molecule has 1 aromatic carbocycles. The van der Waals surface area contributed by atoms with Crippen molar-refractivity contribution in [2.45, 2.75) is 46.1 Å². The zero-order chi connectivity index (χ0) is 19.7. The Morgan fingerprint density at radius 2 is 1.96 bits per heavy atom. The Kier molecular flexibility index (Phi) is 8.51. The van der Waals surface area contributed by atoms with Crippen molar-refractivity contribution in [2.24, 2.45) is 5.73 Å². The Morgan fingerprint density at radius 1 is 1.27 bits per heavy atom. The number of rotatable bonds is 7. The fourth-order valence-corrected chi connectivity index (χ4v) is 2.31. The summed E-state index contributed by atoms with van der Waals surface area (Å²) in [5, 5.41) is 9.23. The Labute approximate surface area is 151 Å². The van der Waals surface area contributed by atoms with Gasteiger partial charge in [-0.1, -0.05) is 19.9 Å². The number of ether oxygens (including phenoxy) is 1. The predicted molar refractivity (Wildman–Crippen MR) is 98.1 cm³/mol. The van der Waals surface area contributed by atoms with E-state index in [9.17, 15) is 14.4 Å². The van der Waals surface area contributed by atoms with Crippen LogP contribution in [0.15, 0.2) is 33.5 Å². The summed E-state index contributed by atoms with van der Waals surface area (Å²) in [5.41, 5.74) is 6.39. The molecule has 1 atom stereocenters. The van der Waals surface area contributed by atoms with Gasteiger partial charge in [-0.15, -0.1) is 0 Å². The predicted octanol–water partition coefficient (Wildman–Crippen LogP) is 2.27. The highest BCUT2D eigenvalue weighted by atomic mass is 16.5. The summed E-state index contributed by atoms with van der Waals surface area (Å²) in [4.78, 5) is 33.7. The monoisotopic (exact) mass is 363 g/mol. The minimum absolute atomic E-state index is 0.134. The second-order valence-corrected chi connectivity index (χ2v) is 5.50. The van der Waals surface area contributed by atoms with Crippen LogP contribution in [0.3, 0.4) is 0 Å². The first-order chi connectivity index (χ1) is 12.4. The van der Waals surface area contributed by atoms with Crippen LogP contribution in [-0.4, -0.2) is 29.7 Å². The van der Waals surface area contributed by atoms with Crippen LogP contribution >= 0.6 is 0 Å². The van der Waals surface area contributed by atoms with Crippen molar-refractivity contribution in [2.75, 3.05) is 6.61 Å². The minimum atomic E-state index is -1.09. The van der Waals surface area contributed by atoms with Crippen LogP contribution < -0.4 is 11.2 Å². The maximum Gasteiger partial charge on any atom is 0.320 e. The molecule has 3 N–H and O–H groups in total. The van der Waals surface area contributed by atoms with Gasteiger partial charge >= 0.3 is 11.9 Å². The normalized spacial score (nSPS) is 11.4. The van der Waals surface area contributed by atoms with Crippen molar-refractivity contribution in [3.8, 4) is 0 Å². The van der Waals surface area contributed by atoms with Crippen LogP contribution in [-0.2, 0) is 27.2 Å². The van der Waals surface area contributed by atoms with Gasteiger partial charge in [-0.25, -0.2) is 0 Å². The number of carbonyl (C=O) groups excluding carboxylic acids is 1. The largest absolute Gasteiger partial charge is 0.480 e. The van der Waals surface area contributed by atoms with Crippen LogP contribution in [0.25, 0.3) is 11.0 Å². The van der Waals surface area contributed by atoms with Gasteiger partial charge in [0.05, 0.1) is 12.0 Å². The van der Waals surface area contributed by atoms with E-state index in [0.29, 0.717) is 35.1 Å². The average Bonchev–Trinajstić information content (AvgIpc) is 2.60. The molecule has 0 radical (unpaired) electrons. The van der Waals surface area contributed by atoms with Crippen LogP contribution in [0.1, 0.15) is 38.5 Å². The molecule has 7 nitrogen and oxygen atoms in total. The molecule has 1 heterocycles. The van der Waals surface area contributed by atoms with Crippen molar-refractivity contribution >= 4 is 22.9 Å². The van der Waals surface area contributed by atoms with Gasteiger partial charge in [-0.05, 0) is 30.5 Å². The van der Waals surface area contributed by atoms with Gasteiger partial charge in [-0.3, -0.25) is 14.4 Å². The molecule has 142 valence electrons. The molecule has 0 aliphatic heterocycles. The lowest BCUT2D eigenvalue weighted by atomic mass is 10.0. The zero-order valence-electron chi connectivity index (χ0n) is 15.3. The SMILES string of the molecule is CC.CC(=O)OCCCc1cc(=O)c2cc(CC(N)C(=O)O)ccc2o1. The lowest BCUT2D eigenvalue weighted by Gasteiger charge is -2.08. The quantitative estimate of drug-likeness (QED) is 0.572. The number of carbonyl (C=O) groups is 2. The van der Waals surface area contributed by atoms with Gasteiger partial charge in [0, 0.05) is 19.4 Å². The number of hydrogen-bond donors (Lipinski definition) is 2. The molecule has 0 fully saturated rings. The van der Waals surface area contributed by atoms with Crippen molar-refractivity contribution in [1.29, 1.82) is 0 Å². The van der Waals surface area contributed by atoms with Crippen LogP contribution in [0.2, 0.25) is 0 Å². The molecule has 0 aliphatic carbocycles. The second-order valence-electron chi connectivity index (χ2n) is 5.50. The molecule has 1 unspecified atom stereocenters. The summed E-state index contributed by atoms with van der Waals surface area (Å²) in [5.74, 6) is -0.929. The Hall–Kier alpha value is -2.67. The topological polar surface area (TPSA) is 120 Å². The number of aliphatic carboxylic acids is 1. The van der Waals surface area contributed by atoms with E-state index in [1.807, 2.05) is 13.8 Å². The van der Waals surface area contributed by atoms with Gasteiger partial charge < -0.3 is 20.0 Å². The molecule has 0 saturated carbocycles. The lowest BCUT2D eigenvalue weighted by molar-refractivity contribution is -0.141. The molecule has 2 aromatic rings. The van der Waals surface area contributed by atoms with E-state index in [1.54, 1.807) is 18.2 Å². The molecule has 0 saturated heterocycles. The molecule has 2 rings (SSSR count). The van der Waals surface area contributed by atoms with E-state index in [1.165, 1.54) is 13.0 Å². The number of nitrogens with two attached hydrogens (primary N) is 1. The van der Waals surface area contributed by atoms with Crippen molar-refractivity contribution in [3.63, 3.8) is 0 Å². The number of benzene rings is 1. The number of carboxylic acids is 1. The third-order valence-electron chi connectivity index (χ3n) is 3.49. The smallest absolute Gasteiger partial charge is 0.320 e. The number of carboxylic acid groups (broad SMARTS) is 1. The molecule has 1 aromatic heterocycles. The molecule has 0 amide bonds. The van der Waals surface area contributed by atoms with Gasteiger partial charge in [0.15, 0.2) is 5.43 Å². The highest BCUT2D eigenvalue weighted by molar-refractivity contribution is 5.78. The molecule has 0 bridgehead atoms. The van der Waals surface area contributed by atoms with Crippen LogP contribution in [0.5, 0.6) is 0 Å². The fourth-order valence-electron chi connectivity index (χ4n) is 2.31. The van der Waals surface area contributed by atoms with Crippen molar-refractivity contribution < 1.29 is 23.8 Å². The van der Waals surface area contributed by atoms with Gasteiger partial charge in [-0.2, -0.15) is 0 Å². The molecular weight excluding hydrogens is 338 g/mol. The van der Waals surface area contributed by atoms with E-state index < -0.39 is 12.0 Å². The fraction of sp³-hybridized carbons (Fsp3) is 0.421. The minimum Gasteiger partial charge on any atom is -0.480 e. The molecular formula is C19H25NO6. The van der Waals surface area contributed by atoms with Gasteiger partial charge in [0.25, 0.3) is 0 Å². The summed E-state index contributed by atoms with van der Waals surface area (Å²) in [7, 11) is 0. The maximum atomic E-state index is 12.2.